The number of benzene rings is 1. The summed E-state index contributed by atoms with van der Waals surface area (Å²) in [5, 5.41) is 0. The van der Waals surface area contributed by atoms with E-state index in [9.17, 15) is 13.6 Å². The van der Waals surface area contributed by atoms with Crippen molar-refractivity contribution in [1.82, 2.24) is 19.9 Å². The predicted molar refractivity (Wildman–Crippen MR) is 115 cm³/mol. The maximum atomic E-state index is 13.7. The molecule has 1 aliphatic heterocycles. The third kappa shape index (κ3) is 3.66. The second kappa shape index (κ2) is 8.24. The standard InChI is InChI=1S/C21H17F2N5O.H2S/c1-28-10-9-21(19(22)23,20(28)29)8-7-13-3-2-4-14(11-13)15-5-6-16-17(27-15)18(24)26-12-25-16;/h2-6,11-12,19H,9-10H2,1H3,(H2,24,25,26);1H2/t21-;/m0./s1. The topological polar surface area (TPSA) is 85.0 Å². The maximum absolute atomic E-state index is 13.7. The van der Waals surface area contributed by atoms with Gasteiger partial charge < -0.3 is 10.6 Å². The molecule has 1 aromatic carbocycles. The van der Waals surface area contributed by atoms with Gasteiger partial charge in [0, 0.05) is 24.7 Å². The smallest absolute Gasteiger partial charge is 0.263 e. The normalized spacial score (nSPS) is 18.3. The number of pyridine rings is 1. The van der Waals surface area contributed by atoms with E-state index in [-0.39, 0.29) is 32.3 Å². The third-order valence-electron chi connectivity index (χ3n) is 5.04. The van der Waals surface area contributed by atoms with Gasteiger partial charge in [-0.05, 0) is 30.7 Å². The number of halogens is 2. The Balaban J connectivity index is 0.00000256. The van der Waals surface area contributed by atoms with E-state index < -0.39 is 17.7 Å². The number of carbonyl (C=O) groups excluding carboxylic acids is 1. The minimum atomic E-state index is -2.85. The van der Waals surface area contributed by atoms with Crippen LogP contribution in [0.25, 0.3) is 22.3 Å². The second-order valence-electron chi connectivity index (χ2n) is 6.90. The van der Waals surface area contributed by atoms with Crippen molar-refractivity contribution >= 4 is 36.3 Å². The molecule has 30 heavy (non-hydrogen) atoms. The molecule has 0 aliphatic carbocycles. The maximum Gasteiger partial charge on any atom is 0.263 e. The first-order chi connectivity index (χ1) is 13.9. The highest BCUT2D eigenvalue weighted by Gasteiger charge is 2.51. The Morgan fingerprint density at radius 2 is 2.03 bits per heavy atom. The molecule has 1 fully saturated rings. The van der Waals surface area contributed by atoms with Crippen molar-refractivity contribution in [3.05, 3.63) is 48.3 Å². The number of nitrogen functional groups attached to an aromatic ring is 1. The molecular weight excluding hydrogens is 408 g/mol. The van der Waals surface area contributed by atoms with E-state index in [2.05, 4.69) is 26.8 Å². The molecule has 3 aromatic rings. The molecule has 0 saturated carbocycles. The van der Waals surface area contributed by atoms with Crippen LogP contribution in [0.15, 0.2) is 42.7 Å². The van der Waals surface area contributed by atoms with Crippen LogP contribution in [0.3, 0.4) is 0 Å². The van der Waals surface area contributed by atoms with Crippen LogP contribution in [0.4, 0.5) is 14.6 Å². The van der Waals surface area contributed by atoms with Crippen LogP contribution in [-0.4, -0.2) is 45.8 Å². The van der Waals surface area contributed by atoms with Crippen LogP contribution >= 0.6 is 13.5 Å². The molecule has 1 saturated heterocycles. The monoisotopic (exact) mass is 427 g/mol. The molecule has 6 nitrogen and oxygen atoms in total. The van der Waals surface area contributed by atoms with Crippen molar-refractivity contribution in [3.8, 4) is 23.1 Å². The quantitative estimate of drug-likeness (QED) is 0.636. The van der Waals surface area contributed by atoms with Crippen LogP contribution in [0, 0.1) is 17.3 Å². The Bertz CT molecular complexity index is 1180. The lowest BCUT2D eigenvalue weighted by Crippen LogP contribution is -2.37. The van der Waals surface area contributed by atoms with Gasteiger partial charge in [0.15, 0.2) is 11.2 Å². The molecule has 154 valence electrons. The molecule has 1 aliphatic rings. The van der Waals surface area contributed by atoms with E-state index in [1.54, 1.807) is 30.3 Å². The summed E-state index contributed by atoms with van der Waals surface area (Å²) in [5.41, 5.74) is 6.92. The van der Waals surface area contributed by atoms with E-state index >= 15 is 0 Å². The van der Waals surface area contributed by atoms with Gasteiger partial charge in [-0.15, -0.1) is 0 Å². The van der Waals surface area contributed by atoms with Crippen LogP contribution in [-0.2, 0) is 4.79 Å². The highest BCUT2D eigenvalue weighted by Crippen LogP contribution is 2.37. The Labute approximate surface area is 179 Å². The Morgan fingerprint density at radius 3 is 2.73 bits per heavy atom. The van der Waals surface area contributed by atoms with E-state index in [4.69, 9.17) is 5.73 Å². The summed E-state index contributed by atoms with van der Waals surface area (Å²) in [6, 6.07) is 10.6. The van der Waals surface area contributed by atoms with Crippen molar-refractivity contribution in [3.63, 3.8) is 0 Å². The van der Waals surface area contributed by atoms with E-state index in [0.29, 0.717) is 22.3 Å². The lowest BCUT2D eigenvalue weighted by molar-refractivity contribution is -0.138. The molecule has 0 bridgehead atoms. The molecule has 2 aromatic heterocycles. The number of carbonyl (C=O) groups is 1. The summed E-state index contributed by atoms with van der Waals surface area (Å²) in [7, 11) is 1.51. The van der Waals surface area contributed by atoms with Gasteiger partial charge in [0.05, 0.1) is 11.2 Å². The summed E-state index contributed by atoms with van der Waals surface area (Å²) in [6.07, 6.45) is -1.46. The number of nitrogens with zero attached hydrogens (tertiary/aromatic N) is 4. The minimum absolute atomic E-state index is 0. The van der Waals surface area contributed by atoms with Crippen molar-refractivity contribution in [2.45, 2.75) is 12.8 Å². The van der Waals surface area contributed by atoms with E-state index in [1.807, 2.05) is 6.07 Å². The first kappa shape index (κ1) is 21.5. The van der Waals surface area contributed by atoms with E-state index in [0.717, 1.165) is 5.56 Å². The molecule has 0 spiro atoms. The Hall–Kier alpha value is -3.25. The number of hydrogen-bond donors (Lipinski definition) is 1. The highest BCUT2D eigenvalue weighted by atomic mass is 32.1. The summed E-state index contributed by atoms with van der Waals surface area (Å²) in [5.74, 6) is 4.96. The molecule has 1 amide bonds. The average Bonchev–Trinajstić information content (AvgIpc) is 3.02. The van der Waals surface area contributed by atoms with Gasteiger partial charge in [-0.2, -0.15) is 13.5 Å². The number of nitrogens with two attached hydrogens (primary N) is 1. The largest absolute Gasteiger partial charge is 0.382 e. The SMILES string of the molecule is CN1CC[C@@](C#Cc2cccc(-c3ccc4ncnc(N)c4n3)c2)(C(F)F)C1=O.S. The van der Waals surface area contributed by atoms with Crippen LogP contribution < -0.4 is 5.73 Å². The van der Waals surface area contributed by atoms with Crippen molar-refractivity contribution in [2.24, 2.45) is 5.41 Å². The second-order valence-corrected chi connectivity index (χ2v) is 6.90. The average molecular weight is 427 g/mol. The summed E-state index contributed by atoms with van der Waals surface area (Å²) >= 11 is 0. The number of likely N-dealkylation sites (tertiary alicyclic amines) is 1. The first-order valence-corrected chi connectivity index (χ1v) is 8.95. The Morgan fingerprint density at radius 1 is 1.23 bits per heavy atom. The summed E-state index contributed by atoms with van der Waals surface area (Å²) in [4.78, 5) is 26.1. The van der Waals surface area contributed by atoms with Gasteiger partial charge in [0.1, 0.15) is 11.8 Å². The van der Waals surface area contributed by atoms with Crippen LogP contribution in [0.2, 0.25) is 0 Å². The zero-order valence-electron chi connectivity index (χ0n) is 16.1. The molecule has 2 N–H and O–H groups in total. The zero-order chi connectivity index (χ0) is 20.6. The zero-order valence-corrected chi connectivity index (χ0v) is 17.1. The summed E-state index contributed by atoms with van der Waals surface area (Å²) in [6.45, 7) is 0.266. The number of aromatic nitrogens is 3. The predicted octanol–water partition coefficient (Wildman–Crippen LogP) is 2.85. The fraction of sp³-hybridized carbons (Fsp3) is 0.238. The minimum Gasteiger partial charge on any atom is -0.382 e. The number of alkyl halides is 2. The number of fused-ring (bicyclic) bond motifs is 1. The lowest BCUT2D eigenvalue weighted by Gasteiger charge is -2.19. The molecule has 3 heterocycles. The summed E-state index contributed by atoms with van der Waals surface area (Å²) < 4.78 is 27.3. The molecule has 0 unspecified atom stereocenters. The van der Waals surface area contributed by atoms with Crippen LogP contribution in [0.5, 0.6) is 0 Å². The number of rotatable bonds is 2. The molecular formula is C21H19F2N5OS. The number of amides is 1. The highest BCUT2D eigenvalue weighted by molar-refractivity contribution is 7.59. The molecule has 9 heteroatoms. The van der Waals surface area contributed by atoms with Crippen molar-refractivity contribution < 1.29 is 13.6 Å². The first-order valence-electron chi connectivity index (χ1n) is 8.95. The van der Waals surface area contributed by atoms with Gasteiger partial charge in [0.2, 0.25) is 5.91 Å². The van der Waals surface area contributed by atoms with Crippen molar-refractivity contribution in [2.75, 3.05) is 19.3 Å². The number of anilines is 1. The third-order valence-corrected chi connectivity index (χ3v) is 5.04. The van der Waals surface area contributed by atoms with Gasteiger partial charge in [-0.1, -0.05) is 24.0 Å². The fourth-order valence-electron chi connectivity index (χ4n) is 3.33. The Kier molecular flexibility index (Phi) is 5.89. The number of hydrogen-bond acceptors (Lipinski definition) is 5. The lowest BCUT2D eigenvalue weighted by atomic mass is 9.87. The van der Waals surface area contributed by atoms with Gasteiger partial charge >= 0.3 is 0 Å². The molecule has 4 rings (SSSR count). The fourth-order valence-corrected chi connectivity index (χ4v) is 3.33. The van der Waals surface area contributed by atoms with Gasteiger partial charge in [0.25, 0.3) is 6.43 Å². The van der Waals surface area contributed by atoms with Gasteiger partial charge in [-0.3, -0.25) is 4.79 Å². The van der Waals surface area contributed by atoms with Crippen molar-refractivity contribution in [1.29, 1.82) is 0 Å². The van der Waals surface area contributed by atoms with E-state index in [1.165, 1.54) is 18.3 Å². The van der Waals surface area contributed by atoms with Gasteiger partial charge in [-0.25, -0.2) is 23.7 Å². The molecule has 1 atom stereocenters. The molecule has 0 radical (unpaired) electrons. The van der Waals surface area contributed by atoms with Crippen LogP contribution in [0.1, 0.15) is 12.0 Å².